The number of carbonyl (C=O) groups excluding carboxylic acids is 1. The average molecular weight is 245 g/mol. The first-order chi connectivity index (χ1) is 7.58. The Labute approximate surface area is 97.8 Å². The van der Waals surface area contributed by atoms with Crippen molar-refractivity contribution < 1.29 is 15.0 Å². The third-order valence-electron chi connectivity index (χ3n) is 2.20. The minimum atomic E-state index is -0.614. The number of carbonyl (C=O) groups is 1. The van der Waals surface area contributed by atoms with E-state index in [0.717, 1.165) is 0 Å². The van der Waals surface area contributed by atoms with Crippen LogP contribution in [0.3, 0.4) is 0 Å². The summed E-state index contributed by atoms with van der Waals surface area (Å²) >= 11 is 1.34. The molecule has 16 heavy (non-hydrogen) atoms. The maximum absolute atomic E-state index is 10.8. The monoisotopic (exact) mass is 245 g/mol. The van der Waals surface area contributed by atoms with Gasteiger partial charge in [0.2, 0.25) is 6.41 Å². The molecule has 1 rings (SSSR count). The van der Waals surface area contributed by atoms with Gasteiger partial charge in [0.05, 0.1) is 23.3 Å². The van der Waals surface area contributed by atoms with E-state index in [1.54, 1.807) is 0 Å². The number of nitrogens with two attached hydrogens (primary N) is 1. The zero-order valence-electron chi connectivity index (χ0n) is 8.69. The van der Waals surface area contributed by atoms with Crippen molar-refractivity contribution in [1.82, 2.24) is 4.90 Å². The van der Waals surface area contributed by atoms with Crippen LogP contribution < -0.4 is 5.73 Å². The van der Waals surface area contributed by atoms with Crippen molar-refractivity contribution in [2.45, 2.75) is 23.1 Å². The topological polar surface area (TPSA) is 99.2 Å². The summed E-state index contributed by atoms with van der Waals surface area (Å²) in [7, 11) is 0. The van der Waals surface area contributed by atoms with Crippen LogP contribution in [0.5, 0.6) is 0 Å². The van der Waals surface area contributed by atoms with Crippen molar-refractivity contribution in [3.8, 4) is 0 Å². The average Bonchev–Trinajstić information content (AvgIpc) is 2.60. The number of aliphatic hydroxyl groups is 2. The number of rotatable bonds is 5. The zero-order valence-corrected chi connectivity index (χ0v) is 9.51. The smallest absolute Gasteiger partial charge is 0.215 e. The number of hydrogen-bond acceptors (Lipinski definition) is 6. The third-order valence-corrected chi connectivity index (χ3v) is 3.76. The lowest BCUT2D eigenvalue weighted by Crippen LogP contribution is -2.29. The molecule has 1 heterocycles. The Morgan fingerprint density at radius 3 is 2.88 bits per heavy atom. The van der Waals surface area contributed by atoms with Crippen LogP contribution >= 0.6 is 11.8 Å². The largest absolute Gasteiger partial charge is 0.395 e. The highest BCUT2D eigenvalue weighted by Crippen LogP contribution is 2.34. The fourth-order valence-corrected chi connectivity index (χ4v) is 2.71. The van der Waals surface area contributed by atoms with Crippen LogP contribution in [0.2, 0.25) is 0 Å². The van der Waals surface area contributed by atoms with Gasteiger partial charge in [-0.1, -0.05) is 6.58 Å². The first kappa shape index (κ1) is 13.0. The highest BCUT2D eigenvalue weighted by atomic mass is 32.2. The van der Waals surface area contributed by atoms with Gasteiger partial charge in [-0.3, -0.25) is 9.69 Å². The molecule has 0 aliphatic carbocycles. The van der Waals surface area contributed by atoms with E-state index in [1.807, 2.05) is 0 Å². The standard InChI is InChI=1S/C9H15N3O3S/c1-6(10)11-4-12(5-14)9-2-7(15)8(3-13)16-9/h4-5,7-9,13,15H,1-3,10H2. The molecule has 7 heteroatoms. The predicted molar refractivity (Wildman–Crippen MR) is 62.6 cm³/mol. The molecule has 1 saturated heterocycles. The predicted octanol–water partition coefficient (Wildman–Crippen LogP) is -0.912. The van der Waals surface area contributed by atoms with Gasteiger partial charge in [0.25, 0.3) is 0 Å². The van der Waals surface area contributed by atoms with Gasteiger partial charge < -0.3 is 15.9 Å². The van der Waals surface area contributed by atoms with E-state index in [1.165, 1.54) is 23.0 Å². The van der Waals surface area contributed by atoms with Crippen molar-refractivity contribution in [3.05, 3.63) is 12.4 Å². The molecule has 0 bridgehead atoms. The SMILES string of the molecule is C=C(N)N=CN(C=O)C1CC(O)C(CO)S1. The van der Waals surface area contributed by atoms with Gasteiger partial charge in [-0.15, -0.1) is 11.8 Å². The zero-order chi connectivity index (χ0) is 12.1. The molecular weight excluding hydrogens is 230 g/mol. The Bertz CT molecular complexity index is 298. The van der Waals surface area contributed by atoms with Gasteiger partial charge in [0.15, 0.2) is 0 Å². The second-order valence-corrected chi connectivity index (χ2v) is 4.83. The molecule has 90 valence electrons. The molecule has 3 unspecified atom stereocenters. The van der Waals surface area contributed by atoms with Gasteiger partial charge in [-0.05, 0) is 0 Å². The lowest BCUT2D eigenvalue weighted by Gasteiger charge is -2.18. The minimum absolute atomic E-state index is 0.106. The van der Waals surface area contributed by atoms with E-state index >= 15 is 0 Å². The fraction of sp³-hybridized carbons (Fsp3) is 0.556. The van der Waals surface area contributed by atoms with Gasteiger partial charge in [0.1, 0.15) is 12.2 Å². The van der Waals surface area contributed by atoms with Crippen molar-refractivity contribution >= 4 is 24.5 Å². The van der Waals surface area contributed by atoms with Crippen molar-refractivity contribution in [1.29, 1.82) is 0 Å². The van der Waals surface area contributed by atoms with E-state index in [2.05, 4.69) is 11.6 Å². The van der Waals surface area contributed by atoms with Gasteiger partial charge >= 0.3 is 0 Å². The van der Waals surface area contributed by atoms with Crippen LogP contribution in [-0.2, 0) is 4.79 Å². The van der Waals surface area contributed by atoms with Crippen molar-refractivity contribution in [2.75, 3.05) is 6.61 Å². The summed E-state index contributed by atoms with van der Waals surface area (Å²) in [6.07, 6.45) is 1.67. The molecule has 0 aromatic carbocycles. The maximum atomic E-state index is 10.8. The summed E-state index contributed by atoms with van der Waals surface area (Å²) in [6, 6.07) is 0. The van der Waals surface area contributed by atoms with Gasteiger partial charge in [-0.25, -0.2) is 4.99 Å². The maximum Gasteiger partial charge on any atom is 0.215 e. The molecule has 4 N–H and O–H groups in total. The second-order valence-electron chi connectivity index (χ2n) is 3.40. The van der Waals surface area contributed by atoms with E-state index < -0.39 is 6.10 Å². The first-order valence-electron chi connectivity index (χ1n) is 4.74. The molecule has 1 aliphatic rings. The van der Waals surface area contributed by atoms with E-state index in [0.29, 0.717) is 12.8 Å². The minimum Gasteiger partial charge on any atom is -0.395 e. The highest BCUT2D eigenvalue weighted by Gasteiger charge is 2.35. The highest BCUT2D eigenvalue weighted by molar-refractivity contribution is 8.00. The van der Waals surface area contributed by atoms with Crippen LogP contribution in [0.1, 0.15) is 6.42 Å². The molecule has 0 aromatic rings. The lowest BCUT2D eigenvalue weighted by atomic mass is 10.2. The number of thioether (sulfide) groups is 1. The van der Waals surface area contributed by atoms with Gasteiger partial charge in [0, 0.05) is 6.42 Å². The summed E-state index contributed by atoms with van der Waals surface area (Å²) in [4.78, 5) is 15.8. The number of amides is 1. The Balaban J connectivity index is 2.62. The number of aliphatic hydroxyl groups excluding tert-OH is 2. The number of aliphatic imine (C=N–C) groups is 1. The number of nitrogens with zero attached hydrogens (tertiary/aromatic N) is 2. The van der Waals surface area contributed by atoms with E-state index in [4.69, 9.17) is 10.8 Å². The van der Waals surface area contributed by atoms with Crippen LogP contribution in [0.4, 0.5) is 0 Å². The van der Waals surface area contributed by atoms with Crippen LogP contribution in [0, 0.1) is 0 Å². The molecule has 3 atom stereocenters. The van der Waals surface area contributed by atoms with E-state index in [-0.39, 0.29) is 23.1 Å². The summed E-state index contributed by atoms with van der Waals surface area (Å²) in [5, 5.41) is 18.1. The summed E-state index contributed by atoms with van der Waals surface area (Å²) < 4.78 is 0. The normalized spacial score (nSPS) is 29.5. The molecule has 0 spiro atoms. The van der Waals surface area contributed by atoms with Crippen LogP contribution in [0.15, 0.2) is 17.4 Å². The molecule has 1 fully saturated rings. The summed E-state index contributed by atoms with van der Waals surface area (Å²) in [6.45, 7) is 3.26. The van der Waals surface area contributed by atoms with Gasteiger partial charge in [-0.2, -0.15) is 0 Å². The molecular formula is C9H15N3O3S. The summed E-state index contributed by atoms with van der Waals surface area (Å²) in [5.74, 6) is 0.106. The Hall–Kier alpha value is -1.05. The van der Waals surface area contributed by atoms with Crippen molar-refractivity contribution in [3.63, 3.8) is 0 Å². The fourth-order valence-electron chi connectivity index (χ4n) is 1.37. The molecule has 1 amide bonds. The molecule has 1 aliphatic heterocycles. The second kappa shape index (κ2) is 5.88. The first-order valence-corrected chi connectivity index (χ1v) is 5.68. The number of hydrogen-bond donors (Lipinski definition) is 3. The third kappa shape index (κ3) is 3.22. The Kier molecular flexibility index (Phi) is 4.78. The van der Waals surface area contributed by atoms with Crippen LogP contribution in [-0.4, -0.2) is 51.2 Å². The van der Waals surface area contributed by atoms with Crippen molar-refractivity contribution in [2.24, 2.45) is 10.7 Å². The summed E-state index contributed by atoms with van der Waals surface area (Å²) in [5.41, 5.74) is 5.24. The lowest BCUT2D eigenvalue weighted by molar-refractivity contribution is -0.115. The van der Waals surface area contributed by atoms with Crippen LogP contribution in [0.25, 0.3) is 0 Å². The quantitative estimate of drug-likeness (QED) is 0.331. The molecule has 0 saturated carbocycles. The molecule has 0 radical (unpaired) electrons. The molecule has 0 aromatic heterocycles. The van der Waals surface area contributed by atoms with E-state index in [9.17, 15) is 9.90 Å². The Morgan fingerprint density at radius 2 is 2.44 bits per heavy atom. The Morgan fingerprint density at radius 1 is 1.75 bits per heavy atom. The molecule has 6 nitrogen and oxygen atoms in total.